The van der Waals surface area contributed by atoms with Crippen LogP contribution in [0.1, 0.15) is 5.56 Å². The first-order valence-corrected chi connectivity index (χ1v) is 2.84. The minimum absolute atomic E-state index is 0.473. The number of nitroso groups, excluding NO2 is 1. The van der Waals surface area contributed by atoms with Gasteiger partial charge in [-0.15, -0.1) is 4.91 Å². The Morgan fingerprint density at radius 1 is 1.60 bits per heavy atom. The van der Waals surface area contributed by atoms with E-state index in [4.69, 9.17) is 0 Å². The van der Waals surface area contributed by atoms with Crippen molar-refractivity contribution in [2.75, 3.05) is 5.43 Å². The van der Waals surface area contributed by atoms with Gasteiger partial charge in [0.15, 0.2) is 0 Å². The van der Waals surface area contributed by atoms with Gasteiger partial charge in [-0.2, -0.15) is 0 Å². The van der Waals surface area contributed by atoms with Crippen molar-refractivity contribution < 1.29 is 0 Å². The largest absolute Gasteiger partial charge is 0.237 e. The molecule has 1 rings (SSSR count). The fraction of sp³-hybridized carbons (Fsp3) is 0.167. The molecule has 0 aliphatic heterocycles. The fourth-order valence-corrected chi connectivity index (χ4v) is 0.581. The summed E-state index contributed by atoms with van der Waals surface area (Å²) < 4.78 is 0. The number of rotatable bonds is 2. The quantitative estimate of drug-likeness (QED) is 0.496. The molecule has 1 aromatic rings. The molecule has 1 N–H and O–H groups in total. The van der Waals surface area contributed by atoms with E-state index in [1.807, 2.05) is 13.0 Å². The summed E-state index contributed by atoms with van der Waals surface area (Å²) in [5.74, 6) is 0.473. The van der Waals surface area contributed by atoms with Crippen molar-refractivity contribution >= 4 is 5.82 Å². The van der Waals surface area contributed by atoms with E-state index in [1.54, 1.807) is 12.3 Å². The predicted molar refractivity (Wildman–Crippen MR) is 38.4 cm³/mol. The number of nitrogens with one attached hydrogen (secondary N) is 1. The standard InChI is InChI=1S/C6H7N3O/c1-5-2-3-6(7-4-5)8-9-10/h2-4H,1H3,(H,7,8,10). The van der Waals surface area contributed by atoms with Crippen LogP contribution in [0.4, 0.5) is 5.82 Å². The number of hydrogen-bond acceptors (Lipinski definition) is 3. The van der Waals surface area contributed by atoms with Gasteiger partial charge in [-0.25, -0.2) is 10.4 Å². The zero-order chi connectivity index (χ0) is 7.40. The number of nitrogens with zero attached hydrogens (tertiary/aromatic N) is 2. The Morgan fingerprint density at radius 3 is 2.90 bits per heavy atom. The van der Waals surface area contributed by atoms with Gasteiger partial charge in [-0.3, -0.25) is 0 Å². The Balaban J connectivity index is 2.78. The number of aromatic nitrogens is 1. The van der Waals surface area contributed by atoms with E-state index in [2.05, 4.69) is 15.7 Å². The summed E-state index contributed by atoms with van der Waals surface area (Å²) in [6.45, 7) is 1.92. The number of hydrogen-bond donors (Lipinski definition) is 1. The topological polar surface area (TPSA) is 54.4 Å². The van der Waals surface area contributed by atoms with Gasteiger partial charge in [0.1, 0.15) is 5.82 Å². The average molecular weight is 137 g/mol. The summed E-state index contributed by atoms with van der Waals surface area (Å²) in [5, 5.41) is 2.47. The molecule has 0 aliphatic carbocycles. The third-order valence-electron chi connectivity index (χ3n) is 1.07. The van der Waals surface area contributed by atoms with Gasteiger partial charge in [0.25, 0.3) is 0 Å². The second-order valence-electron chi connectivity index (χ2n) is 1.92. The van der Waals surface area contributed by atoms with Crippen molar-refractivity contribution in [2.45, 2.75) is 6.92 Å². The van der Waals surface area contributed by atoms with Crippen molar-refractivity contribution in [3.05, 3.63) is 28.8 Å². The minimum atomic E-state index is 0.473. The number of pyridine rings is 1. The highest BCUT2D eigenvalue weighted by Gasteiger charge is 1.88. The first-order valence-electron chi connectivity index (χ1n) is 2.84. The average Bonchev–Trinajstić information content (AvgIpc) is 1.95. The normalized spacial score (nSPS) is 8.90. The molecule has 0 saturated carbocycles. The molecule has 0 radical (unpaired) electrons. The molecule has 0 aromatic carbocycles. The molecule has 0 unspecified atom stereocenters. The van der Waals surface area contributed by atoms with Crippen LogP contribution in [0.5, 0.6) is 0 Å². The zero-order valence-corrected chi connectivity index (χ0v) is 5.53. The molecular formula is C6H7N3O. The summed E-state index contributed by atoms with van der Waals surface area (Å²) >= 11 is 0. The van der Waals surface area contributed by atoms with Crippen molar-refractivity contribution in [1.82, 2.24) is 4.98 Å². The van der Waals surface area contributed by atoms with E-state index in [-0.39, 0.29) is 0 Å². The molecule has 0 spiro atoms. The van der Waals surface area contributed by atoms with Gasteiger partial charge in [0.2, 0.25) is 0 Å². The summed E-state index contributed by atoms with van der Waals surface area (Å²) in [4.78, 5) is 13.5. The zero-order valence-electron chi connectivity index (χ0n) is 5.53. The number of anilines is 1. The lowest BCUT2D eigenvalue weighted by molar-refractivity contribution is 1.19. The molecule has 1 aromatic heterocycles. The van der Waals surface area contributed by atoms with Crippen LogP contribution in [0.25, 0.3) is 0 Å². The van der Waals surface area contributed by atoms with Crippen LogP contribution >= 0.6 is 0 Å². The van der Waals surface area contributed by atoms with Crippen molar-refractivity contribution in [3.8, 4) is 0 Å². The molecule has 1 heterocycles. The maximum atomic E-state index is 9.66. The Hall–Kier alpha value is -1.45. The highest BCUT2D eigenvalue weighted by Crippen LogP contribution is 2.02. The van der Waals surface area contributed by atoms with E-state index in [1.165, 1.54) is 0 Å². The molecule has 0 fully saturated rings. The molecule has 4 nitrogen and oxygen atoms in total. The van der Waals surface area contributed by atoms with Crippen LogP contribution in [0.3, 0.4) is 0 Å². The second kappa shape index (κ2) is 2.91. The molecule has 0 saturated heterocycles. The molecule has 0 aliphatic rings. The monoisotopic (exact) mass is 137 g/mol. The first-order chi connectivity index (χ1) is 4.83. The van der Waals surface area contributed by atoms with E-state index < -0.39 is 0 Å². The third kappa shape index (κ3) is 1.51. The molecule has 0 amide bonds. The lowest BCUT2D eigenvalue weighted by Crippen LogP contribution is -1.88. The van der Waals surface area contributed by atoms with Gasteiger partial charge < -0.3 is 0 Å². The van der Waals surface area contributed by atoms with Crippen LogP contribution in [-0.4, -0.2) is 4.98 Å². The second-order valence-corrected chi connectivity index (χ2v) is 1.92. The summed E-state index contributed by atoms with van der Waals surface area (Å²) in [6, 6.07) is 3.54. The third-order valence-corrected chi connectivity index (χ3v) is 1.07. The summed E-state index contributed by atoms with van der Waals surface area (Å²) in [6.07, 6.45) is 1.66. The van der Waals surface area contributed by atoms with Gasteiger partial charge in [-0.05, 0) is 18.6 Å². The molecular weight excluding hydrogens is 130 g/mol. The lowest BCUT2D eigenvalue weighted by atomic mass is 10.3. The maximum Gasteiger partial charge on any atom is 0.148 e. The van der Waals surface area contributed by atoms with Gasteiger partial charge in [0, 0.05) is 6.20 Å². The fourth-order valence-electron chi connectivity index (χ4n) is 0.581. The van der Waals surface area contributed by atoms with E-state index in [0.717, 1.165) is 5.56 Å². The van der Waals surface area contributed by atoms with Crippen LogP contribution < -0.4 is 5.43 Å². The smallest absolute Gasteiger partial charge is 0.148 e. The summed E-state index contributed by atoms with van der Waals surface area (Å²) in [7, 11) is 0. The molecule has 52 valence electrons. The van der Waals surface area contributed by atoms with E-state index >= 15 is 0 Å². The minimum Gasteiger partial charge on any atom is -0.237 e. The van der Waals surface area contributed by atoms with Gasteiger partial charge in [0.05, 0.1) is 5.29 Å². The van der Waals surface area contributed by atoms with Crippen LogP contribution in [0.2, 0.25) is 0 Å². The van der Waals surface area contributed by atoms with Crippen molar-refractivity contribution in [3.63, 3.8) is 0 Å². The Labute approximate surface area is 58.2 Å². The van der Waals surface area contributed by atoms with E-state index in [9.17, 15) is 4.91 Å². The first kappa shape index (κ1) is 6.67. The molecule has 10 heavy (non-hydrogen) atoms. The van der Waals surface area contributed by atoms with Crippen LogP contribution in [0, 0.1) is 11.8 Å². The van der Waals surface area contributed by atoms with Crippen molar-refractivity contribution in [1.29, 1.82) is 0 Å². The van der Waals surface area contributed by atoms with Crippen LogP contribution in [0.15, 0.2) is 23.6 Å². The van der Waals surface area contributed by atoms with E-state index in [0.29, 0.717) is 5.82 Å². The Kier molecular flexibility index (Phi) is 1.94. The van der Waals surface area contributed by atoms with Crippen molar-refractivity contribution in [2.24, 2.45) is 5.29 Å². The molecule has 4 heteroatoms. The summed E-state index contributed by atoms with van der Waals surface area (Å²) in [5.41, 5.74) is 3.25. The Morgan fingerprint density at radius 2 is 2.40 bits per heavy atom. The Bertz CT molecular complexity index is 219. The highest BCUT2D eigenvalue weighted by molar-refractivity contribution is 5.33. The number of aryl methyl sites for hydroxylation is 1. The van der Waals surface area contributed by atoms with Gasteiger partial charge >= 0.3 is 0 Å². The maximum absolute atomic E-state index is 9.66. The predicted octanol–water partition coefficient (Wildman–Crippen LogP) is 1.48. The van der Waals surface area contributed by atoms with Gasteiger partial charge in [-0.1, -0.05) is 6.07 Å². The SMILES string of the molecule is Cc1ccc(NN=O)nc1. The molecule has 0 bridgehead atoms. The highest BCUT2D eigenvalue weighted by atomic mass is 16.3. The lowest BCUT2D eigenvalue weighted by Gasteiger charge is -1.94. The van der Waals surface area contributed by atoms with Crippen LogP contribution in [-0.2, 0) is 0 Å². The molecule has 0 atom stereocenters.